The Kier molecular flexibility index (Phi) is 6.43. The molecule has 4 nitrogen and oxygen atoms in total. The highest BCUT2D eigenvalue weighted by Gasteiger charge is 2.63. The molecule has 3 aromatic rings. The van der Waals surface area contributed by atoms with E-state index in [1.807, 2.05) is 24.3 Å². The molecule has 0 saturated heterocycles. The summed E-state index contributed by atoms with van der Waals surface area (Å²) >= 11 is 0. The summed E-state index contributed by atoms with van der Waals surface area (Å²) in [5, 5.41) is 0. The van der Waals surface area contributed by atoms with Crippen molar-refractivity contribution >= 4 is 22.8 Å². The molecule has 4 bridgehead atoms. The monoisotopic (exact) mass is 525 g/mol. The smallest absolute Gasteiger partial charge is 0.333 e. The van der Waals surface area contributed by atoms with E-state index in [0.717, 1.165) is 32.1 Å². The molecule has 0 N–H and O–H groups in total. The van der Waals surface area contributed by atoms with Gasteiger partial charge in [-0.3, -0.25) is 4.79 Å². The van der Waals surface area contributed by atoms with Gasteiger partial charge < -0.3 is 9.47 Å². The number of carbonyl (C=O) groups is 2. The summed E-state index contributed by atoms with van der Waals surface area (Å²) in [6.45, 7) is 5.43. The van der Waals surface area contributed by atoms with E-state index in [1.54, 1.807) is 6.92 Å². The Balaban J connectivity index is 1.23. The van der Waals surface area contributed by atoms with Crippen LogP contribution in [0.15, 0.2) is 112 Å². The fraction of sp³-hybridized carbons (Fsp3) is 0.333. The predicted octanol–water partition coefficient (Wildman–Crippen LogP) is 7.15. The summed E-state index contributed by atoms with van der Waals surface area (Å²) in [6, 6.07) is 29.0. The minimum Gasteiger partial charge on any atom is -0.456 e. The Hall–Kier alpha value is -3.31. The van der Waals surface area contributed by atoms with Crippen LogP contribution >= 0.6 is 0 Å². The molecule has 0 spiro atoms. The summed E-state index contributed by atoms with van der Waals surface area (Å²) < 4.78 is 12.1. The number of carbonyl (C=O) groups excluding carboxylic acids is 2. The molecular weight excluding hydrogens is 492 g/mol. The average Bonchev–Trinajstić information content (AvgIpc) is 2.90. The molecule has 4 aliphatic carbocycles. The van der Waals surface area contributed by atoms with Crippen LogP contribution in [0.25, 0.3) is 0 Å². The second kappa shape index (κ2) is 9.77. The maximum absolute atomic E-state index is 13.7. The van der Waals surface area contributed by atoms with Crippen molar-refractivity contribution in [3.63, 3.8) is 0 Å². The molecule has 0 aliphatic heterocycles. The lowest BCUT2D eigenvalue weighted by Gasteiger charge is -2.59. The Labute approximate surface area is 227 Å². The van der Waals surface area contributed by atoms with Crippen LogP contribution in [0, 0.1) is 17.3 Å². The maximum atomic E-state index is 13.7. The number of esters is 2. The summed E-state index contributed by atoms with van der Waals surface area (Å²) in [4.78, 5) is 29.8. The second-order valence-electron chi connectivity index (χ2n) is 11.4. The van der Waals surface area contributed by atoms with Gasteiger partial charge in [0.15, 0.2) is 14.7 Å². The van der Waals surface area contributed by atoms with E-state index in [2.05, 4.69) is 67.2 Å². The lowest BCUT2D eigenvalue weighted by Crippen LogP contribution is -2.60. The van der Waals surface area contributed by atoms with Gasteiger partial charge in [0.1, 0.15) is 11.4 Å². The minimum absolute atomic E-state index is 0.180. The fourth-order valence-electron chi connectivity index (χ4n) is 7.20. The molecule has 3 aromatic carbocycles. The van der Waals surface area contributed by atoms with E-state index in [-0.39, 0.29) is 22.8 Å². The molecule has 194 valence electrons. The average molecular weight is 526 g/mol. The molecule has 0 radical (unpaired) electrons. The van der Waals surface area contributed by atoms with E-state index in [1.165, 1.54) is 14.7 Å². The third kappa shape index (κ3) is 4.69. The van der Waals surface area contributed by atoms with Crippen molar-refractivity contribution < 1.29 is 19.1 Å². The van der Waals surface area contributed by atoms with Crippen molar-refractivity contribution in [3.8, 4) is 5.75 Å². The number of rotatable bonds is 7. The number of benzene rings is 3. The van der Waals surface area contributed by atoms with Crippen LogP contribution in [0.4, 0.5) is 0 Å². The molecule has 5 heteroatoms. The Bertz CT molecular complexity index is 1300. The highest BCUT2D eigenvalue weighted by molar-refractivity contribution is 7.97. The number of hydrogen-bond donors (Lipinski definition) is 0. The molecule has 4 aliphatic rings. The first-order valence-electron chi connectivity index (χ1n) is 13.4. The van der Waals surface area contributed by atoms with Crippen molar-refractivity contribution in [3.05, 3.63) is 97.1 Å². The number of ether oxygens (including phenoxy) is 2. The van der Waals surface area contributed by atoms with Crippen molar-refractivity contribution in [1.29, 1.82) is 0 Å². The lowest BCUT2D eigenvalue weighted by molar-refractivity contribution is -0.206. The van der Waals surface area contributed by atoms with Crippen LogP contribution in [-0.2, 0) is 25.2 Å². The van der Waals surface area contributed by atoms with Gasteiger partial charge in [0, 0.05) is 12.0 Å². The van der Waals surface area contributed by atoms with E-state index in [9.17, 15) is 9.59 Å². The maximum Gasteiger partial charge on any atom is 0.333 e. The van der Waals surface area contributed by atoms with E-state index >= 15 is 0 Å². The summed E-state index contributed by atoms with van der Waals surface area (Å²) in [5.74, 6) is 0.816. The Morgan fingerprint density at radius 2 is 1.32 bits per heavy atom. The van der Waals surface area contributed by atoms with Gasteiger partial charge in [0.25, 0.3) is 0 Å². The molecule has 4 saturated carbocycles. The van der Waals surface area contributed by atoms with E-state index < -0.39 is 11.0 Å². The van der Waals surface area contributed by atoms with Crippen molar-refractivity contribution in [2.24, 2.45) is 17.3 Å². The zero-order valence-electron chi connectivity index (χ0n) is 21.7. The van der Waals surface area contributed by atoms with Gasteiger partial charge in [-0.1, -0.05) is 43.0 Å². The summed E-state index contributed by atoms with van der Waals surface area (Å²) in [5.41, 5.74) is -0.749. The van der Waals surface area contributed by atoms with Crippen LogP contribution in [0.5, 0.6) is 5.75 Å². The van der Waals surface area contributed by atoms with Gasteiger partial charge in [-0.25, -0.2) is 4.79 Å². The van der Waals surface area contributed by atoms with Crippen LogP contribution in [0.2, 0.25) is 0 Å². The fourth-order valence-corrected chi connectivity index (χ4v) is 9.28. The normalized spacial score (nSPS) is 27.2. The molecule has 0 amide bonds. The van der Waals surface area contributed by atoms with Crippen LogP contribution in [-0.4, -0.2) is 17.5 Å². The molecule has 0 aromatic heterocycles. The van der Waals surface area contributed by atoms with Crippen molar-refractivity contribution in [2.75, 3.05) is 0 Å². The molecular formula is C33H33O4S+. The first-order valence-corrected chi connectivity index (χ1v) is 14.6. The molecule has 4 fully saturated rings. The predicted molar refractivity (Wildman–Crippen MR) is 148 cm³/mol. The van der Waals surface area contributed by atoms with Crippen molar-refractivity contribution in [2.45, 2.75) is 65.7 Å². The largest absolute Gasteiger partial charge is 0.456 e. The second-order valence-corrected chi connectivity index (χ2v) is 13.4. The van der Waals surface area contributed by atoms with E-state index in [4.69, 9.17) is 9.47 Å². The molecule has 2 atom stereocenters. The third-order valence-electron chi connectivity index (χ3n) is 8.33. The zero-order chi connectivity index (χ0) is 26.3. The van der Waals surface area contributed by atoms with Gasteiger partial charge in [-0.15, -0.1) is 0 Å². The molecule has 7 rings (SSSR count). The third-order valence-corrected chi connectivity index (χ3v) is 10.6. The molecule has 2 unspecified atom stereocenters. The van der Waals surface area contributed by atoms with Crippen LogP contribution < -0.4 is 4.74 Å². The zero-order valence-corrected chi connectivity index (χ0v) is 22.5. The van der Waals surface area contributed by atoms with Crippen LogP contribution in [0.3, 0.4) is 0 Å². The summed E-state index contributed by atoms with van der Waals surface area (Å²) in [6.07, 6.45) is 4.98. The Morgan fingerprint density at radius 3 is 1.84 bits per heavy atom. The molecule has 38 heavy (non-hydrogen) atoms. The van der Waals surface area contributed by atoms with Gasteiger partial charge in [-0.2, -0.15) is 0 Å². The number of hydrogen-bond acceptors (Lipinski definition) is 4. The lowest BCUT2D eigenvalue weighted by atomic mass is 9.48. The first-order chi connectivity index (χ1) is 18.3. The SMILES string of the molecule is C=C(C)C(=O)OC12CC3CC(C1)CC(C(=O)Oc1ccc([S+](c4ccccc4)c4ccccc4)cc1)(C3)C2. The topological polar surface area (TPSA) is 52.6 Å². The highest BCUT2D eigenvalue weighted by atomic mass is 32.2. The van der Waals surface area contributed by atoms with Gasteiger partial charge in [0.2, 0.25) is 0 Å². The van der Waals surface area contributed by atoms with Gasteiger partial charge >= 0.3 is 11.9 Å². The minimum atomic E-state index is -0.587. The van der Waals surface area contributed by atoms with Crippen molar-refractivity contribution in [1.82, 2.24) is 0 Å². The molecule has 0 heterocycles. The van der Waals surface area contributed by atoms with Gasteiger partial charge in [-0.05, 0) is 99.4 Å². The highest BCUT2D eigenvalue weighted by Crippen LogP contribution is 2.63. The quantitative estimate of drug-likeness (QED) is 0.142. The van der Waals surface area contributed by atoms with Crippen LogP contribution in [0.1, 0.15) is 45.4 Å². The van der Waals surface area contributed by atoms with Gasteiger partial charge in [0.05, 0.1) is 16.3 Å². The standard InChI is InChI=1S/C33H33O4S/c1-23(2)30(34)37-33-20-24-17-25(21-33)19-32(18-24,22-33)31(35)36-26-13-15-29(16-14-26)38(27-9-5-3-6-10-27)28-11-7-4-8-12-28/h3-16,24-25H,1,17-22H2,2H3/q+1. The summed E-state index contributed by atoms with van der Waals surface area (Å²) in [7, 11) is -0.256. The van der Waals surface area contributed by atoms with E-state index in [0.29, 0.717) is 29.6 Å². The Morgan fingerprint density at radius 1 is 0.789 bits per heavy atom. The first kappa shape index (κ1) is 25.0.